The smallest absolute Gasteiger partial charge is 0.339 e. The van der Waals surface area contributed by atoms with E-state index in [1.807, 2.05) is 6.20 Å². The van der Waals surface area contributed by atoms with Gasteiger partial charge in [0.2, 0.25) is 0 Å². The molecule has 0 spiro atoms. The minimum Gasteiger partial charge on any atom is -0.462 e. The van der Waals surface area contributed by atoms with Crippen molar-refractivity contribution in [2.24, 2.45) is 0 Å². The van der Waals surface area contributed by atoms with Gasteiger partial charge in [-0.05, 0) is 31.9 Å². The van der Waals surface area contributed by atoms with Gasteiger partial charge in [-0.25, -0.2) is 14.5 Å². The summed E-state index contributed by atoms with van der Waals surface area (Å²) in [6, 6.07) is 3.41. The molecule has 1 fully saturated rings. The highest BCUT2D eigenvalue weighted by Gasteiger charge is 2.26. The number of carbonyl (C=O) groups excluding carboxylic acids is 1. The second-order valence-electron chi connectivity index (χ2n) is 4.49. The first-order chi connectivity index (χ1) is 9.28. The zero-order chi connectivity index (χ0) is 13.2. The Labute approximate surface area is 110 Å². The quantitative estimate of drug-likeness (QED) is 0.781. The molecular weight excluding hydrogens is 244 g/mol. The third kappa shape index (κ3) is 2.47. The van der Waals surface area contributed by atoms with E-state index in [-0.39, 0.29) is 5.97 Å². The summed E-state index contributed by atoms with van der Waals surface area (Å²) in [5.41, 5.74) is 1.45. The van der Waals surface area contributed by atoms with Gasteiger partial charge >= 0.3 is 5.97 Å². The summed E-state index contributed by atoms with van der Waals surface area (Å²) in [6.45, 7) is 2.13. The average Bonchev–Trinajstić information content (AvgIpc) is 3.17. The second kappa shape index (κ2) is 4.79. The molecule has 0 bridgehead atoms. The molecule has 3 rings (SSSR count). The molecule has 1 saturated carbocycles. The molecule has 0 saturated heterocycles. The normalized spacial score (nSPS) is 14.4. The number of nitrogens with zero attached hydrogens (tertiary/aromatic N) is 4. The van der Waals surface area contributed by atoms with Crippen molar-refractivity contribution in [2.75, 3.05) is 6.61 Å². The van der Waals surface area contributed by atoms with Crippen LogP contribution in [0.2, 0.25) is 0 Å². The van der Waals surface area contributed by atoms with E-state index < -0.39 is 0 Å². The highest BCUT2D eigenvalue weighted by Crippen LogP contribution is 2.38. The zero-order valence-electron chi connectivity index (χ0n) is 10.6. The number of rotatable bonds is 4. The number of hydrogen-bond donors (Lipinski definition) is 0. The third-order valence-electron chi connectivity index (χ3n) is 3.00. The maximum atomic E-state index is 11.5. The van der Waals surface area contributed by atoms with Crippen LogP contribution in [0.1, 0.15) is 41.7 Å². The van der Waals surface area contributed by atoms with Crippen LogP contribution in [0.3, 0.4) is 0 Å². The summed E-state index contributed by atoms with van der Waals surface area (Å²) < 4.78 is 6.53. The molecule has 0 radical (unpaired) electrons. The molecule has 0 unspecified atom stereocenters. The van der Waals surface area contributed by atoms with Crippen molar-refractivity contribution in [2.45, 2.75) is 25.7 Å². The Morgan fingerprint density at radius 1 is 1.47 bits per heavy atom. The Kier molecular flexibility index (Phi) is 2.98. The number of ether oxygens (including phenoxy) is 1. The Bertz CT molecular complexity index is 587. The van der Waals surface area contributed by atoms with E-state index in [1.165, 1.54) is 19.0 Å². The second-order valence-corrected chi connectivity index (χ2v) is 4.49. The molecular formula is C13H14N4O2. The van der Waals surface area contributed by atoms with Gasteiger partial charge in [-0.15, -0.1) is 5.10 Å². The van der Waals surface area contributed by atoms with Crippen molar-refractivity contribution in [1.82, 2.24) is 20.0 Å². The van der Waals surface area contributed by atoms with Crippen LogP contribution in [-0.4, -0.2) is 32.6 Å². The van der Waals surface area contributed by atoms with Gasteiger partial charge in [0, 0.05) is 12.1 Å². The number of pyridine rings is 1. The molecule has 0 atom stereocenters. The Hall–Kier alpha value is -2.24. The van der Waals surface area contributed by atoms with Crippen molar-refractivity contribution in [3.63, 3.8) is 0 Å². The van der Waals surface area contributed by atoms with Crippen LogP contribution in [0.4, 0.5) is 0 Å². The molecule has 19 heavy (non-hydrogen) atoms. The molecule has 0 aromatic carbocycles. The van der Waals surface area contributed by atoms with E-state index in [0.29, 0.717) is 23.9 Å². The SMILES string of the molecule is CCOC(=O)c1ccc(-n2cc(C3CC3)nn2)nc1. The lowest BCUT2D eigenvalue weighted by molar-refractivity contribution is 0.0526. The molecule has 0 N–H and O–H groups in total. The molecule has 98 valence electrons. The van der Waals surface area contributed by atoms with E-state index >= 15 is 0 Å². The lowest BCUT2D eigenvalue weighted by Crippen LogP contribution is -2.06. The van der Waals surface area contributed by atoms with Gasteiger partial charge in [0.25, 0.3) is 0 Å². The molecule has 1 aliphatic rings. The van der Waals surface area contributed by atoms with Crippen molar-refractivity contribution in [1.29, 1.82) is 0 Å². The van der Waals surface area contributed by atoms with Crippen molar-refractivity contribution in [3.05, 3.63) is 35.8 Å². The van der Waals surface area contributed by atoms with Gasteiger partial charge in [-0.3, -0.25) is 0 Å². The fraction of sp³-hybridized carbons (Fsp3) is 0.385. The standard InChI is InChI=1S/C13H14N4O2/c1-2-19-13(18)10-5-6-12(14-7-10)17-8-11(15-16-17)9-3-4-9/h5-9H,2-4H2,1H3. The van der Waals surface area contributed by atoms with E-state index in [4.69, 9.17) is 4.74 Å². The van der Waals surface area contributed by atoms with Crippen LogP contribution in [0.5, 0.6) is 0 Å². The zero-order valence-corrected chi connectivity index (χ0v) is 10.6. The predicted octanol–water partition coefficient (Wildman–Crippen LogP) is 1.72. The van der Waals surface area contributed by atoms with Crippen LogP contribution >= 0.6 is 0 Å². The first-order valence-corrected chi connectivity index (χ1v) is 6.33. The summed E-state index contributed by atoms with van der Waals surface area (Å²) in [4.78, 5) is 15.7. The summed E-state index contributed by atoms with van der Waals surface area (Å²) in [5.74, 6) is 0.846. The number of carbonyl (C=O) groups is 1. The Morgan fingerprint density at radius 2 is 2.32 bits per heavy atom. The van der Waals surface area contributed by atoms with Crippen LogP contribution in [0.25, 0.3) is 5.82 Å². The average molecular weight is 258 g/mol. The first-order valence-electron chi connectivity index (χ1n) is 6.33. The first kappa shape index (κ1) is 11.8. The minimum atomic E-state index is -0.362. The van der Waals surface area contributed by atoms with Crippen molar-refractivity contribution < 1.29 is 9.53 Å². The summed E-state index contributed by atoms with van der Waals surface area (Å²) in [6.07, 6.45) is 5.76. The molecule has 2 heterocycles. The van der Waals surface area contributed by atoms with Crippen LogP contribution in [-0.2, 0) is 4.74 Å². The molecule has 0 amide bonds. The largest absolute Gasteiger partial charge is 0.462 e. The molecule has 1 aliphatic carbocycles. The highest BCUT2D eigenvalue weighted by atomic mass is 16.5. The van der Waals surface area contributed by atoms with E-state index in [9.17, 15) is 4.79 Å². The Balaban J connectivity index is 1.79. The van der Waals surface area contributed by atoms with Gasteiger partial charge in [-0.2, -0.15) is 0 Å². The maximum Gasteiger partial charge on any atom is 0.339 e. The molecule has 2 aromatic rings. The fourth-order valence-corrected chi connectivity index (χ4v) is 1.81. The van der Waals surface area contributed by atoms with E-state index in [1.54, 1.807) is 23.7 Å². The maximum absolute atomic E-state index is 11.5. The topological polar surface area (TPSA) is 69.9 Å². The molecule has 2 aromatic heterocycles. The van der Waals surface area contributed by atoms with E-state index in [2.05, 4.69) is 15.3 Å². The van der Waals surface area contributed by atoms with Crippen LogP contribution in [0.15, 0.2) is 24.5 Å². The van der Waals surface area contributed by atoms with E-state index in [0.717, 1.165) is 5.69 Å². The Morgan fingerprint density at radius 3 is 2.95 bits per heavy atom. The molecule has 0 aliphatic heterocycles. The van der Waals surface area contributed by atoms with Gasteiger partial charge in [0.1, 0.15) is 0 Å². The monoisotopic (exact) mass is 258 g/mol. The van der Waals surface area contributed by atoms with Crippen LogP contribution in [0, 0.1) is 0 Å². The minimum absolute atomic E-state index is 0.356. The molecule has 6 heteroatoms. The molecule has 6 nitrogen and oxygen atoms in total. The number of hydrogen-bond acceptors (Lipinski definition) is 5. The summed E-state index contributed by atoms with van der Waals surface area (Å²) >= 11 is 0. The number of esters is 1. The third-order valence-corrected chi connectivity index (χ3v) is 3.00. The summed E-state index contributed by atoms with van der Waals surface area (Å²) in [5, 5.41) is 8.17. The summed E-state index contributed by atoms with van der Waals surface area (Å²) in [7, 11) is 0. The highest BCUT2D eigenvalue weighted by molar-refractivity contribution is 5.89. The van der Waals surface area contributed by atoms with Gasteiger partial charge < -0.3 is 4.74 Å². The van der Waals surface area contributed by atoms with Gasteiger partial charge in [0.15, 0.2) is 5.82 Å². The fourth-order valence-electron chi connectivity index (χ4n) is 1.81. The van der Waals surface area contributed by atoms with Gasteiger partial charge in [0.05, 0.1) is 24.1 Å². The van der Waals surface area contributed by atoms with Crippen molar-refractivity contribution >= 4 is 5.97 Å². The van der Waals surface area contributed by atoms with Crippen molar-refractivity contribution in [3.8, 4) is 5.82 Å². The van der Waals surface area contributed by atoms with Crippen LogP contribution < -0.4 is 0 Å². The lowest BCUT2D eigenvalue weighted by atomic mass is 10.3. The number of aromatic nitrogens is 4. The lowest BCUT2D eigenvalue weighted by Gasteiger charge is -2.02. The van der Waals surface area contributed by atoms with Gasteiger partial charge in [-0.1, -0.05) is 5.21 Å². The predicted molar refractivity (Wildman–Crippen MR) is 67.1 cm³/mol.